The highest BCUT2D eigenvalue weighted by Gasteiger charge is 2.20. The molecule has 0 aliphatic carbocycles. The van der Waals surface area contributed by atoms with Crippen LogP contribution in [0.5, 0.6) is 0 Å². The second-order valence-corrected chi connectivity index (χ2v) is 5.65. The molecule has 24 heavy (non-hydrogen) atoms. The molecule has 0 aliphatic rings. The molecule has 2 aromatic carbocycles. The molecule has 2 N–H and O–H groups in total. The molecule has 10 heteroatoms. The van der Waals surface area contributed by atoms with Gasteiger partial charge in [-0.25, -0.2) is 0 Å². The summed E-state index contributed by atoms with van der Waals surface area (Å²) in [6, 6.07) is 11.0. The predicted molar refractivity (Wildman–Crippen MR) is 87.5 cm³/mol. The average molecular weight is 389 g/mol. The number of nitrogens with two attached hydrogens (primary N) is 1. The zero-order chi connectivity index (χ0) is 17.3. The summed E-state index contributed by atoms with van der Waals surface area (Å²) in [4.78, 5) is 22.8. The van der Waals surface area contributed by atoms with Crippen molar-refractivity contribution in [2.24, 2.45) is 5.73 Å². The first-order valence-corrected chi connectivity index (χ1v) is 7.39. The molecule has 0 radical (unpaired) electrons. The Kier molecular flexibility index (Phi) is 4.04. The van der Waals surface area contributed by atoms with Crippen molar-refractivity contribution in [3.05, 3.63) is 62.6 Å². The smallest absolute Gasteiger partial charge is 0.297 e. The Morgan fingerprint density at radius 1 is 1.21 bits per heavy atom. The number of hydrogen-bond acceptors (Lipinski definition) is 6. The third kappa shape index (κ3) is 2.99. The number of halogens is 1. The van der Waals surface area contributed by atoms with Gasteiger partial charge in [-0.2, -0.15) is 0 Å². The second-order valence-electron chi connectivity index (χ2n) is 4.73. The number of hydrogen-bond donors (Lipinski definition) is 1. The molecular formula is C14H9BrN6O3. The van der Waals surface area contributed by atoms with Crippen LogP contribution < -0.4 is 5.73 Å². The Labute approximate surface area is 143 Å². The first-order chi connectivity index (χ1) is 11.5. The van der Waals surface area contributed by atoms with Crippen LogP contribution >= 0.6 is 15.9 Å². The van der Waals surface area contributed by atoms with Crippen molar-refractivity contribution in [3.63, 3.8) is 0 Å². The van der Waals surface area contributed by atoms with E-state index in [1.807, 2.05) is 12.1 Å². The number of aromatic nitrogens is 4. The van der Waals surface area contributed by atoms with Gasteiger partial charge in [0.1, 0.15) is 0 Å². The van der Waals surface area contributed by atoms with Crippen molar-refractivity contribution in [2.45, 2.75) is 0 Å². The first-order valence-electron chi connectivity index (χ1n) is 6.60. The monoisotopic (exact) mass is 388 g/mol. The first kappa shape index (κ1) is 15.7. The standard InChI is InChI=1S/C14H9BrN6O3/c15-10-4-1-8(2-5-10)14-17-19-20(18-14)11-6-3-9(13(16)22)7-12(11)21(23)24/h1-7H,(H2,16,22). The zero-order valence-corrected chi connectivity index (χ0v) is 13.5. The molecule has 120 valence electrons. The fourth-order valence-corrected chi connectivity index (χ4v) is 2.29. The maximum atomic E-state index is 11.2. The van der Waals surface area contributed by atoms with E-state index in [0.717, 1.165) is 15.3 Å². The number of amides is 1. The highest BCUT2D eigenvalue weighted by atomic mass is 79.9. The van der Waals surface area contributed by atoms with Gasteiger partial charge in [-0.1, -0.05) is 15.9 Å². The second kappa shape index (κ2) is 6.16. The van der Waals surface area contributed by atoms with Gasteiger partial charge in [0.15, 0.2) is 5.69 Å². The summed E-state index contributed by atoms with van der Waals surface area (Å²) in [5.41, 5.74) is 5.63. The van der Waals surface area contributed by atoms with E-state index in [0.29, 0.717) is 11.4 Å². The van der Waals surface area contributed by atoms with Gasteiger partial charge in [0, 0.05) is 21.7 Å². The Morgan fingerprint density at radius 2 is 1.92 bits per heavy atom. The number of nitrogens with zero attached hydrogens (tertiary/aromatic N) is 5. The maximum Gasteiger partial charge on any atom is 0.297 e. The van der Waals surface area contributed by atoms with E-state index in [2.05, 4.69) is 31.3 Å². The normalized spacial score (nSPS) is 10.5. The number of nitro benzene ring substituents is 1. The molecule has 0 bridgehead atoms. The number of nitro groups is 1. The van der Waals surface area contributed by atoms with Crippen molar-refractivity contribution in [1.29, 1.82) is 0 Å². The van der Waals surface area contributed by atoms with E-state index in [1.165, 1.54) is 12.1 Å². The number of benzene rings is 2. The quantitative estimate of drug-likeness (QED) is 0.537. The van der Waals surface area contributed by atoms with Crippen molar-refractivity contribution in [1.82, 2.24) is 20.2 Å². The van der Waals surface area contributed by atoms with Crippen LogP contribution in [0.15, 0.2) is 46.9 Å². The van der Waals surface area contributed by atoms with Crippen molar-refractivity contribution < 1.29 is 9.72 Å². The Bertz CT molecular complexity index is 938. The van der Waals surface area contributed by atoms with E-state index in [-0.39, 0.29) is 16.9 Å². The number of primary amides is 1. The molecule has 0 unspecified atom stereocenters. The van der Waals surface area contributed by atoms with Crippen LogP contribution in [-0.2, 0) is 0 Å². The fraction of sp³-hybridized carbons (Fsp3) is 0. The highest BCUT2D eigenvalue weighted by molar-refractivity contribution is 9.10. The lowest BCUT2D eigenvalue weighted by molar-refractivity contribution is -0.384. The summed E-state index contributed by atoms with van der Waals surface area (Å²) in [7, 11) is 0. The van der Waals surface area contributed by atoms with E-state index >= 15 is 0 Å². The minimum atomic E-state index is -0.758. The third-order valence-corrected chi connectivity index (χ3v) is 3.72. The molecule has 3 rings (SSSR count). The van der Waals surface area contributed by atoms with Gasteiger partial charge in [0.05, 0.1) is 4.92 Å². The topological polar surface area (TPSA) is 130 Å². The Balaban J connectivity index is 2.05. The van der Waals surface area contributed by atoms with E-state index < -0.39 is 10.8 Å². The lowest BCUT2D eigenvalue weighted by Gasteiger charge is -2.02. The van der Waals surface area contributed by atoms with Gasteiger partial charge < -0.3 is 5.73 Å². The SMILES string of the molecule is NC(=O)c1ccc(-n2nnc(-c3ccc(Br)cc3)n2)c([N+](=O)[O-])c1. The number of carbonyl (C=O) groups is 1. The van der Waals surface area contributed by atoms with Crippen LogP contribution in [0.2, 0.25) is 0 Å². The fourth-order valence-electron chi connectivity index (χ4n) is 2.02. The Morgan fingerprint density at radius 3 is 2.54 bits per heavy atom. The molecular weight excluding hydrogens is 380 g/mol. The van der Waals surface area contributed by atoms with Gasteiger partial charge in [0.2, 0.25) is 11.7 Å². The molecule has 0 saturated heterocycles. The molecule has 0 saturated carbocycles. The summed E-state index contributed by atoms with van der Waals surface area (Å²) in [5, 5.41) is 23.1. The summed E-state index contributed by atoms with van der Waals surface area (Å²) in [6.07, 6.45) is 0. The summed E-state index contributed by atoms with van der Waals surface area (Å²) in [6.45, 7) is 0. The average Bonchev–Trinajstić information content (AvgIpc) is 3.04. The molecule has 0 spiro atoms. The zero-order valence-electron chi connectivity index (χ0n) is 12.0. The maximum absolute atomic E-state index is 11.2. The van der Waals surface area contributed by atoms with Gasteiger partial charge >= 0.3 is 0 Å². The van der Waals surface area contributed by atoms with Crippen LogP contribution in [0.25, 0.3) is 17.1 Å². The van der Waals surface area contributed by atoms with Gasteiger partial charge in [-0.05, 0) is 41.6 Å². The minimum Gasteiger partial charge on any atom is -0.366 e. The van der Waals surface area contributed by atoms with E-state index in [4.69, 9.17) is 5.73 Å². The molecule has 0 fully saturated rings. The summed E-state index contributed by atoms with van der Waals surface area (Å²) in [5.74, 6) is -0.442. The molecule has 9 nitrogen and oxygen atoms in total. The van der Waals surface area contributed by atoms with Gasteiger partial charge in [-0.3, -0.25) is 14.9 Å². The van der Waals surface area contributed by atoms with Crippen molar-refractivity contribution >= 4 is 27.5 Å². The molecule has 3 aromatic rings. The van der Waals surface area contributed by atoms with Gasteiger partial charge in [0.25, 0.3) is 5.69 Å². The van der Waals surface area contributed by atoms with Crippen molar-refractivity contribution in [3.8, 4) is 17.1 Å². The van der Waals surface area contributed by atoms with Crippen LogP contribution in [0, 0.1) is 10.1 Å². The molecule has 0 atom stereocenters. The molecule has 1 aromatic heterocycles. The largest absolute Gasteiger partial charge is 0.366 e. The molecule has 1 amide bonds. The third-order valence-electron chi connectivity index (χ3n) is 3.19. The van der Waals surface area contributed by atoms with Crippen LogP contribution in [0.4, 0.5) is 5.69 Å². The summed E-state index contributed by atoms with van der Waals surface area (Å²) < 4.78 is 0.899. The molecule has 0 aliphatic heterocycles. The minimum absolute atomic E-state index is 0.0266. The van der Waals surface area contributed by atoms with Gasteiger partial charge in [-0.15, -0.1) is 15.0 Å². The van der Waals surface area contributed by atoms with E-state index in [1.54, 1.807) is 12.1 Å². The number of rotatable bonds is 4. The lowest BCUT2D eigenvalue weighted by Crippen LogP contribution is -2.12. The molecule has 1 heterocycles. The van der Waals surface area contributed by atoms with Crippen LogP contribution in [-0.4, -0.2) is 31.0 Å². The summed E-state index contributed by atoms with van der Waals surface area (Å²) >= 11 is 3.33. The predicted octanol–water partition coefficient (Wildman–Crippen LogP) is 2.10. The number of tetrazole rings is 1. The number of carbonyl (C=O) groups excluding carboxylic acids is 1. The van der Waals surface area contributed by atoms with Crippen LogP contribution in [0.1, 0.15) is 10.4 Å². The Hall–Kier alpha value is -3.14. The highest BCUT2D eigenvalue weighted by Crippen LogP contribution is 2.24. The lowest BCUT2D eigenvalue weighted by atomic mass is 10.1. The van der Waals surface area contributed by atoms with E-state index in [9.17, 15) is 14.9 Å². The van der Waals surface area contributed by atoms with Crippen LogP contribution in [0.3, 0.4) is 0 Å². The van der Waals surface area contributed by atoms with Crippen molar-refractivity contribution in [2.75, 3.05) is 0 Å².